The highest BCUT2D eigenvalue weighted by atomic mass is 16.5. The Bertz CT molecular complexity index is 1210. The number of aromatic nitrogens is 1. The van der Waals surface area contributed by atoms with Crippen molar-refractivity contribution >= 4 is 17.4 Å². The van der Waals surface area contributed by atoms with Crippen LogP contribution in [0.25, 0.3) is 5.76 Å². The number of amides is 1. The summed E-state index contributed by atoms with van der Waals surface area (Å²) in [6.07, 6.45) is 4.91. The van der Waals surface area contributed by atoms with E-state index in [1.54, 1.807) is 41.6 Å². The molecule has 2 heterocycles. The van der Waals surface area contributed by atoms with Gasteiger partial charge in [-0.3, -0.25) is 14.6 Å². The summed E-state index contributed by atoms with van der Waals surface area (Å²) >= 11 is 0. The van der Waals surface area contributed by atoms with Gasteiger partial charge in [0.2, 0.25) is 0 Å². The summed E-state index contributed by atoms with van der Waals surface area (Å²) in [7, 11) is 0. The average Bonchev–Trinajstić information content (AvgIpc) is 3.12. The van der Waals surface area contributed by atoms with Crippen molar-refractivity contribution in [2.75, 3.05) is 6.54 Å². The van der Waals surface area contributed by atoms with E-state index in [-0.39, 0.29) is 11.3 Å². The summed E-state index contributed by atoms with van der Waals surface area (Å²) in [5.41, 5.74) is 3.12. The fraction of sp³-hybridized carbons (Fsp3) is 0.250. The molecule has 0 spiro atoms. The van der Waals surface area contributed by atoms with Crippen LogP contribution in [0.2, 0.25) is 0 Å². The molecule has 1 aliphatic rings. The molecule has 6 nitrogen and oxygen atoms in total. The van der Waals surface area contributed by atoms with Gasteiger partial charge in [-0.1, -0.05) is 49.7 Å². The highest BCUT2D eigenvalue weighted by Crippen LogP contribution is 2.39. The zero-order valence-electron chi connectivity index (χ0n) is 19.4. The van der Waals surface area contributed by atoms with Crippen molar-refractivity contribution in [1.29, 1.82) is 0 Å². The Labute approximate surface area is 199 Å². The highest BCUT2D eigenvalue weighted by Gasteiger charge is 2.45. The van der Waals surface area contributed by atoms with Crippen LogP contribution in [0.5, 0.6) is 5.75 Å². The first-order valence-corrected chi connectivity index (χ1v) is 11.5. The summed E-state index contributed by atoms with van der Waals surface area (Å²) in [6.45, 7) is 4.77. The predicted octanol–water partition coefficient (Wildman–Crippen LogP) is 5.19. The quantitative estimate of drug-likeness (QED) is 0.287. The van der Waals surface area contributed by atoms with Crippen molar-refractivity contribution in [3.63, 3.8) is 0 Å². The lowest BCUT2D eigenvalue weighted by Crippen LogP contribution is -2.30. The molecule has 1 saturated heterocycles. The molecular formula is C28H28N2O4. The second-order valence-corrected chi connectivity index (χ2v) is 8.39. The van der Waals surface area contributed by atoms with Crippen LogP contribution in [-0.2, 0) is 16.2 Å². The first-order valence-electron chi connectivity index (χ1n) is 11.5. The van der Waals surface area contributed by atoms with Gasteiger partial charge in [0.1, 0.15) is 18.1 Å². The zero-order valence-corrected chi connectivity index (χ0v) is 19.4. The van der Waals surface area contributed by atoms with Gasteiger partial charge in [-0.25, -0.2) is 0 Å². The van der Waals surface area contributed by atoms with E-state index in [0.29, 0.717) is 30.0 Å². The molecule has 3 aromatic rings. The van der Waals surface area contributed by atoms with E-state index in [0.717, 1.165) is 24.0 Å². The Morgan fingerprint density at radius 2 is 1.88 bits per heavy atom. The number of likely N-dealkylation sites (tertiary alicyclic amines) is 1. The topological polar surface area (TPSA) is 79.7 Å². The van der Waals surface area contributed by atoms with E-state index in [4.69, 9.17) is 4.74 Å². The Morgan fingerprint density at radius 1 is 1.09 bits per heavy atom. The molecule has 1 atom stereocenters. The van der Waals surface area contributed by atoms with Gasteiger partial charge in [0.15, 0.2) is 0 Å². The predicted molar refractivity (Wildman–Crippen MR) is 130 cm³/mol. The van der Waals surface area contributed by atoms with Gasteiger partial charge in [0.25, 0.3) is 11.7 Å². The SMILES string of the molecule is CCCCN1C(=O)C(=O)/C(=C(\O)c2ccc(OCc3ccccc3)c(C)c2)C1c1cccnc1. The first kappa shape index (κ1) is 23.2. The number of aryl methyl sites for hydroxylation is 1. The van der Waals surface area contributed by atoms with Gasteiger partial charge in [0, 0.05) is 24.5 Å². The number of benzene rings is 2. The molecule has 0 bridgehead atoms. The van der Waals surface area contributed by atoms with Crippen LogP contribution in [0.15, 0.2) is 78.6 Å². The number of aliphatic hydroxyl groups is 1. The van der Waals surface area contributed by atoms with Crippen molar-refractivity contribution in [2.45, 2.75) is 39.3 Å². The lowest BCUT2D eigenvalue weighted by molar-refractivity contribution is -0.139. The first-order chi connectivity index (χ1) is 16.5. The van der Waals surface area contributed by atoms with Crippen LogP contribution in [0.1, 0.15) is 48.1 Å². The van der Waals surface area contributed by atoms with Gasteiger partial charge in [0.05, 0.1) is 11.6 Å². The van der Waals surface area contributed by atoms with E-state index in [1.807, 2.05) is 50.2 Å². The molecule has 6 heteroatoms. The van der Waals surface area contributed by atoms with Gasteiger partial charge in [-0.05, 0) is 54.3 Å². The minimum Gasteiger partial charge on any atom is -0.507 e. The molecule has 1 aliphatic heterocycles. The van der Waals surface area contributed by atoms with Crippen molar-refractivity contribution in [3.05, 3.63) is 101 Å². The van der Waals surface area contributed by atoms with Crippen molar-refractivity contribution in [2.24, 2.45) is 0 Å². The van der Waals surface area contributed by atoms with Crippen molar-refractivity contribution in [1.82, 2.24) is 9.88 Å². The molecule has 1 fully saturated rings. The number of Topliss-reactive ketones (excluding diaryl/α,β-unsaturated/α-hetero) is 1. The van der Waals surface area contributed by atoms with Crippen molar-refractivity contribution in [3.8, 4) is 5.75 Å². The number of hydrogen-bond donors (Lipinski definition) is 1. The van der Waals surface area contributed by atoms with Crippen molar-refractivity contribution < 1.29 is 19.4 Å². The summed E-state index contributed by atoms with van der Waals surface area (Å²) in [5.74, 6) is -0.774. The number of hydrogen-bond acceptors (Lipinski definition) is 5. The number of carbonyl (C=O) groups excluding carboxylic acids is 2. The second kappa shape index (κ2) is 10.3. The van der Waals surface area contributed by atoms with Gasteiger partial charge in [-0.2, -0.15) is 0 Å². The fourth-order valence-electron chi connectivity index (χ4n) is 4.17. The molecule has 0 saturated carbocycles. The van der Waals surface area contributed by atoms with Gasteiger partial charge >= 0.3 is 0 Å². The number of aliphatic hydroxyl groups excluding tert-OH is 1. The maximum atomic E-state index is 13.0. The zero-order chi connectivity index (χ0) is 24.1. The molecule has 34 heavy (non-hydrogen) atoms. The number of pyridine rings is 1. The van der Waals surface area contributed by atoms with Crippen LogP contribution in [-0.4, -0.2) is 33.2 Å². The van der Waals surface area contributed by atoms with E-state index in [9.17, 15) is 14.7 Å². The third-order valence-corrected chi connectivity index (χ3v) is 5.98. The van der Waals surface area contributed by atoms with Crippen LogP contribution in [0.3, 0.4) is 0 Å². The van der Waals surface area contributed by atoms with E-state index in [1.165, 1.54) is 0 Å². The van der Waals surface area contributed by atoms with Gasteiger partial charge < -0.3 is 14.7 Å². The Hall–Kier alpha value is -3.93. The van der Waals surface area contributed by atoms with Crippen LogP contribution in [0, 0.1) is 6.92 Å². The lowest BCUT2D eigenvalue weighted by Gasteiger charge is -2.25. The normalized spacial score (nSPS) is 17.2. The molecule has 2 aromatic carbocycles. The summed E-state index contributed by atoms with van der Waals surface area (Å²) in [4.78, 5) is 31.6. The lowest BCUT2D eigenvalue weighted by atomic mass is 9.95. The van der Waals surface area contributed by atoms with Crippen LogP contribution in [0.4, 0.5) is 0 Å². The second-order valence-electron chi connectivity index (χ2n) is 8.39. The number of rotatable bonds is 8. The average molecular weight is 457 g/mol. The highest BCUT2D eigenvalue weighted by molar-refractivity contribution is 6.46. The smallest absolute Gasteiger partial charge is 0.295 e. The standard InChI is InChI=1S/C28H28N2O4/c1-3-4-15-30-25(22-11-8-14-29-17-22)24(27(32)28(30)33)26(31)21-12-13-23(19(2)16-21)34-18-20-9-6-5-7-10-20/h5-14,16-17,25,31H,3-4,15,18H2,1-2H3/b26-24-. The van der Waals surface area contributed by atoms with Gasteiger partial charge in [-0.15, -0.1) is 0 Å². The number of carbonyl (C=O) groups is 2. The van der Waals surface area contributed by atoms with Crippen LogP contribution >= 0.6 is 0 Å². The fourth-order valence-corrected chi connectivity index (χ4v) is 4.17. The molecule has 1 aromatic heterocycles. The Morgan fingerprint density at radius 3 is 2.56 bits per heavy atom. The summed E-state index contributed by atoms with van der Waals surface area (Å²) in [5, 5.41) is 11.2. The molecule has 0 aliphatic carbocycles. The van der Waals surface area contributed by atoms with E-state index >= 15 is 0 Å². The number of ketones is 1. The molecule has 1 amide bonds. The molecule has 1 unspecified atom stereocenters. The third kappa shape index (κ3) is 4.71. The largest absolute Gasteiger partial charge is 0.507 e. The van der Waals surface area contributed by atoms with E-state index in [2.05, 4.69) is 4.98 Å². The minimum atomic E-state index is -0.676. The monoisotopic (exact) mass is 456 g/mol. The molecule has 1 N–H and O–H groups in total. The summed E-state index contributed by atoms with van der Waals surface area (Å²) in [6, 6.07) is 18.0. The maximum Gasteiger partial charge on any atom is 0.295 e. The minimum absolute atomic E-state index is 0.0893. The van der Waals surface area contributed by atoms with E-state index < -0.39 is 17.7 Å². The molecule has 4 rings (SSSR count). The third-order valence-electron chi connectivity index (χ3n) is 5.98. The molecule has 174 valence electrons. The Kier molecular flexibility index (Phi) is 7.07. The number of unbranched alkanes of at least 4 members (excludes halogenated alkanes) is 1. The summed E-state index contributed by atoms with van der Waals surface area (Å²) < 4.78 is 5.94. The number of nitrogens with zero attached hydrogens (tertiary/aromatic N) is 2. The molecule has 0 radical (unpaired) electrons. The number of ether oxygens (including phenoxy) is 1. The maximum absolute atomic E-state index is 13.0. The van der Waals surface area contributed by atoms with Crippen LogP contribution < -0.4 is 4.74 Å². The Balaban J connectivity index is 1.68. The molecular weight excluding hydrogens is 428 g/mol.